The van der Waals surface area contributed by atoms with Crippen LogP contribution in [0.25, 0.3) is 10.8 Å². The van der Waals surface area contributed by atoms with E-state index in [9.17, 15) is 9.59 Å². The highest BCUT2D eigenvalue weighted by molar-refractivity contribution is 6.25. The number of hydrogen-bond acceptors (Lipinski definition) is 6. The van der Waals surface area contributed by atoms with Crippen LogP contribution in [0.1, 0.15) is 41.5 Å². The van der Waals surface area contributed by atoms with Crippen molar-refractivity contribution in [1.82, 2.24) is 14.7 Å². The Morgan fingerprint density at radius 1 is 0.879 bits per heavy atom. The van der Waals surface area contributed by atoms with Gasteiger partial charge in [-0.3, -0.25) is 24.3 Å². The summed E-state index contributed by atoms with van der Waals surface area (Å²) >= 11 is 0. The van der Waals surface area contributed by atoms with Gasteiger partial charge in [0.2, 0.25) is 0 Å². The fourth-order valence-electron chi connectivity index (χ4n) is 4.55. The van der Waals surface area contributed by atoms with Crippen LogP contribution in [0.15, 0.2) is 36.4 Å². The number of carbonyl (C=O) groups is 2. The number of nitrogens with zero attached hydrogens (tertiary/aromatic N) is 3. The van der Waals surface area contributed by atoms with Crippen LogP contribution >= 0.6 is 0 Å². The van der Waals surface area contributed by atoms with Crippen LogP contribution in [0, 0.1) is 0 Å². The van der Waals surface area contributed by atoms with Gasteiger partial charge >= 0.3 is 0 Å². The summed E-state index contributed by atoms with van der Waals surface area (Å²) in [6.07, 6.45) is 0.0437. The minimum absolute atomic E-state index is 0.0437. The van der Waals surface area contributed by atoms with Gasteiger partial charge in [-0.2, -0.15) is 0 Å². The van der Waals surface area contributed by atoms with Crippen LogP contribution in [-0.4, -0.2) is 97.7 Å². The summed E-state index contributed by atoms with van der Waals surface area (Å²) in [6.45, 7) is 12.3. The van der Waals surface area contributed by atoms with Gasteiger partial charge in [0.1, 0.15) is 0 Å². The molecule has 2 aromatic rings. The molecule has 4 rings (SSSR count). The third-order valence-corrected chi connectivity index (χ3v) is 6.46. The van der Waals surface area contributed by atoms with E-state index in [1.807, 2.05) is 36.4 Å². The Hall–Kier alpha value is -2.32. The Balaban J connectivity index is 1.30. The van der Waals surface area contributed by atoms with Crippen LogP contribution in [0.2, 0.25) is 0 Å². The number of hydrogen-bond donors (Lipinski definition) is 0. The first-order valence-electron chi connectivity index (χ1n) is 11.8. The van der Waals surface area contributed by atoms with Gasteiger partial charge in [0.05, 0.1) is 18.3 Å². The first-order valence-corrected chi connectivity index (χ1v) is 11.8. The van der Waals surface area contributed by atoms with Gasteiger partial charge in [-0.1, -0.05) is 24.3 Å². The number of carbonyl (C=O) groups excluding carboxylic acids is 2. The van der Waals surface area contributed by atoms with Crippen molar-refractivity contribution in [3.05, 3.63) is 47.5 Å². The second-order valence-corrected chi connectivity index (χ2v) is 9.89. The summed E-state index contributed by atoms with van der Waals surface area (Å²) in [5, 5.41) is 1.72. The highest BCUT2D eigenvalue weighted by Crippen LogP contribution is 2.29. The molecule has 2 amide bonds. The lowest BCUT2D eigenvalue weighted by Crippen LogP contribution is -2.52. The molecule has 2 aromatic carbocycles. The molecule has 2 aliphatic heterocycles. The highest BCUT2D eigenvalue weighted by atomic mass is 16.5. The molecular formula is C26H35N3O4. The lowest BCUT2D eigenvalue weighted by molar-refractivity contribution is -0.0711. The number of methoxy groups -OCH3 is 1. The minimum atomic E-state index is -0.190. The molecule has 7 heteroatoms. The molecule has 2 heterocycles. The van der Waals surface area contributed by atoms with E-state index < -0.39 is 0 Å². The van der Waals surface area contributed by atoms with Crippen molar-refractivity contribution in [2.24, 2.45) is 0 Å². The maximum Gasteiger partial charge on any atom is 0.261 e. The first-order chi connectivity index (χ1) is 15.8. The lowest BCUT2D eigenvalue weighted by atomic mass is 9.94. The molecule has 0 saturated carbocycles. The van der Waals surface area contributed by atoms with E-state index in [1.165, 1.54) is 4.90 Å². The zero-order chi connectivity index (χ0) is 23.6. The van der Waals surface area contributed by atoms with Gasteiger partial charge in [0, 0.05) is 69.4 Å². The first kappa shape index (κ1) is 23.8. The fraction of sp³-hybridized carbons (Fsp3) is 0.538. The van der Waals surface area contributed by atoms with Crippen LogP contribution in [0.5, 0.6) is 0 Å². The van der Waals surface area contributed by atoms with Gasteiger partial charge in [0.15, 0.2) is 0 Å². The third-order valence-electron chi connectivity index (χ3n) is 6.46. The summed E-state index contributed by atoms with van der Waals surface area (Å²) in [7, 11) is 1.73. The summed E-state index contributed by atoms with van der Waals surface area (Å²) in [4.78, 5) is 32.3. The van der Waals surface area contributed by atoms with Crippen LogP contribution in [0.4, 0.5) is 0 Å². The number of imide groups is 1. The second kappa shape index (κ2) is 9.89. The van der Waals surface area contributed by atoms with Crippen LogP contribution < -0.4 is 0 Å². The Morgan fingerprint density at radius 3 is 2.00 bits per heavy atom. The average molecular weight is 454 g/mol. The number of piperazine rings is 1. The van der Waals surface area contributed by atoms with E-state index >= 15 is 0 Å². The van der Waals surface area contributed by atoms with Gasteiger partial charge in [-0.25, -0.2) is 0 Å². The largest absolute Gasteiger partial charge is 0.378 e. The van der Waals surface area contributed by atoms with Crippen molar-refractivity contribution in [1.29, 1.82) is 0 Å². The Labute approximate surface area is 196 Å². The molecule has 7 nitrogen and oxygen atoms in total. The molecule has 0 bridgehead atoms. The molecular weight excluding hydrogens is 418 g/mol. The highest BCUT2D eigenvalue weighted by Gasteiger charge is 2.33. The van der Waals surface area contributed by atoms with Crippen molar-refractivity contribution in [3.63, 3.8) is 0 Å². The summed E-state index contributed by atoms with van der Waals surface area (Å²) < 4.78 is 11.5. The molecule has 0 aliphatic carbocycles. The zero-order valence-corrected chi connectivity index (χ0v) is 20.2. The Bertz CT molecular complexity index is 958. The van der Waals surface area contributed by atoms with Crippen LogP contribution in [0.3, 0.4) is 0 Å². The molecule has 2 aliphatic rings. The van der Waals surface area contributed by atoms with E-state index in [0.717, 1.165) is 43.5 Å². The molecule has 1 fully saturated rings. The van der Waals surface area contributed by atoms with E-state index in [1.54, 1.807) is 7.11 Å². The minimum Gasteiger partial charge on any atom is -0.378 e. The SMILES string of the molecule is CO[C@@H](COC(C)(C)C)CN1CCN(CCN2C(=O)c3cccc4cccc(c34)C2=O)CC1. The van der Waals surface area contributed by atoms with Gasteiger partial charge in [0.25, 0.3) is 11.8 Å². The van der Waals surface area contributed by atoms with Gasteiger partial charge in [-0.05, 0) is 38.3 Å². The maximum atomic E-state index is 13.1. The monoisotopic (exact) mass is 453 g/mol. The average Bonchev–Trinajstić information content (AvgIpc) is 2.80. The molecule has 0 aromatic heterocycles. The Kier molecular flexibility index (Phi) is 7.14. The predicted molar refractivity (Wildman–Crippen MR) is 129 cm³/mol. The standard InChI is InChI=1S/C26H35N3O4/c1-26(2,3)33-18-20(32-4)17-28-13-11-27(12-14-28)15-16-29-24(30)21-9-5-7-19-8-6-10-22(23(19)21)25(29)31/h5-10,20H,11-18H2,1-4H3/t20-/m1/s1. The summed E-state index contributed by atoms with van der Waals surface area (Å²) in [6, 6.07) is 11.3. The number of benzene rings is 2. The smallest absolute Gasteiger partial charge is 0.261 e. The van der Waals surface area contributed by atoms with Crippen molar-refractivity contribution in [3.8, 4) is 0 Å². The zero-order valence-electron chi connectivity index (χ0n) is 20.2. The fourth-order valence-corrected chi connectivity index (χ4v) is 4.55. The second-order valence-electron chi connectivity index (χ2n) is 9.89. The predicted octanol–water partition coefficient (Wildman–Crippen LogP) is 2.88. The molecule has 0 unspecified atom stereocenters. The number of rotatable bonds is 8. The summed E-state index contributed by atoms with van der Waals surface area (Å²) in [5.41, 5.74) is 1.07. The summed E-state index contributed by atoms with van der Waals surface area (Å²) in [5.74, 6) is -0.380. The van der Waals surface area contributed by atoms with Crippen LogP contribution in [-0.2, 0) is 9.47 Å². The lowest BCUT2D eigenvalue weighted by Gasteiger charge is -2.37. The molecule has 1 saturated heterocycles. The van der Waals surface area contributed by atoms with E-state index in [-0.39, 0.29) is 23.5 Å². The molecule has 0 N–H and O–H groups in total. The van der Waals surface area contributed by atoms with Gasteiger partial charge in [-0.15, -0.1) is 0 Å². The van der Waals surface area contributed by atoms with E-state index in [0.29, 0.717) is 30.8 Å². The Morgan fingerprint density at radius 2 is 1.45 bits per heavy atom. The third kappa shape index (κ3) is 5.44. The van der Waals surface area contributed by atoms with Crippen molar-refractivity contribution in [2.45, 2.75) is 32.5 Å². The molecule has 178 valence electrons. The normalized spacial score (nSPS) is 18.8. The molecule has 0 radical (unpaired) electrons. The van der Waals surface area contributed by atoms with Gasteiger partial charge < -0.3 is 9.47 Å². The molecule has 33 heavy (non-hydrogen) atoms. The van der Waals surface area contributed by atoms with Crippen molar-refractivity contribution >= 4 is 22.6 Å². The van der Waals surface area contributed by atoms with Crippen molar-refractivity contribution < 1.29 is 19.1 Å². The van der Waals surface area contributed by atoms with Crippen molar-refractivity contribution in [2.75, 3.05) is 59.5 Å². The quantitative estimate of drug-likeness (QED) is 0.573. The molecule has 1 atom stereocenters. The van der Waals surface area contributed by atoms with E-state index in [2.05, 4.69) is 30.6 Å². The molecule has 0 spiro atoms. The topological polar surface area (TPSA) is 62.3 Å². The van der Waals surface area contributed by atoms with E-state index in [4.69, 9.17) is 9.47 Å². The maximum absolute atomic E-state index is 13.1. The number of ether oxygens (including phenoxy) is 2. The number of amides is 2.